The molecule has 3 rings (SSSR count). The third-order valence-electron chi connectivity index (χ3n) is 3.99. The van der Waals surface area contributed by atoms with Crippen LogP contribution in [0.15, 0.2) is 23.1 Å². The molecule has 0 N–H and O–H groups in total. The SMILES string of the molecule is COc1ccc(/C=C2/SC(=S)N(C[C@H]3CCCO3)C2=O)cc1OC. The standard InChI is InChI=1S/C17H19NO4S2/c1-20-13-6-5-11(8-14(13)21-2)9-15-16(19)18(17(23)24-15)10-12-4-3-7-22-12/h5-6,8-9,12H,3-4,7,10H2,1-2H3/b15-9+/t12-/m1/s1. The summed E-state index contributed by atoms with van der Waals surface area (Å²) >= 11 is 6.69. The Balaban J connectivity index is 1.78. The number of thioether (sulfide) groups is 1. The molecule has 2 aliphatic rings. The first kappa shape index (κ1) is 17.3. The molecule has 0 unspecified atom stereocenters. The van der Waals surface area contributed by atoms with Gasteiger partial charge in [0.2, 0.25) is 0 Å². The molecule has 0 radical (unpaired) electrons. The van der Waals surface area contributed by atoms with Crippen LogP contribution in [0, 0.1) is 0 Å². The number of carbonyl (C=O) groups excluding carboxylic acids is 1. The zero-order valence-corrected chi connectivity index (χ0v) is 15.2. The van der Waals surface area contributed by atoms with Crippen molar-refractivity contribution in [2.75, 3.05) is 27.4 Å². The first-order valence-corrected chi connectivity index (χ1v) is 8.94. The second-order valence-electron chi connectivity index (χ2n) is 5.54. The molecular formula is C17H19NO4S2. The molecular weight excluding hydrogens is 346 g/mol. The summed E-state index contributed by atoms with van der Waals surface area (Å²) in [6.07, 6.45) is 3.94. The van der Waals surface area contributed by atoms with E-state index in [1.165, 1.54) is 11.8 Å². The van der Waals surface area contributed by atoms with Gasteiger partial charge in [-0.15, -0.1) is 0 Å². The molecule has 1 atom stereocenters. The molecule has 2 saturated heterocycles. The van der Waals surface area contributed by atoms with Crippen molar-refractivity contribution in [2.24, 2.45) is 0 Å². The Hall–Kier alpha value is -1.57. The van der Waals surface area contributed by atoms with Gasteiger partial charge in [0.15, 0.2) is 11.5 Å². The molecule has 1 amide bonds. The molecule has 0 aromatic heterocycles. The summed E-state index contributed by atoms with van der Waals surface area (Å²) in [6.45, 7) is 1.30. The molecule has 0 aliphatic carbocycles. The maximum atomic E-state index is 12.6. The van der Waals surface area contributed by atoms with E-state index >= 15 is 0 Å². The summed E-state index contributed by atoms with van der Waals surface area (Å²) in [5.74, 6) is 1.22. The third kappa shape index (κ3) is 3.58. The fourth-order valence-electron chi connectivity index (χ4n) is 2.74. The normalized spacial score (nSPS) is 22.5. The highest BCUT2D eigenvalue weighted by molar-refractivity contribution is 8.26. The highest BCUT2D eigenvalue weighted by Gasteiger charge is 2.34. The van der Waals surface area contributed by atoms with Gasteiger partial charge in [0, 0.05) is 6.61 Å². The molecule has 5 nitrogen and oxygen atoms in total. The number of benzene rings is 1. The third-order valence-corrected chi connectivity index (χ3v) is 5.37. The summed E-state index contributed by atoms with van der Waals surface area (Å²) in [5.41, 5.74) is 0.866. The van der Waals surface area contributed by atoms with Crippen LogP contribution >= 0.6 is 24.0 Å². The molecule has 1 aromatic carbocycles. The van der Waals surface area contributed by atoms with E-state index in [0.717, 1.165) is 25.0 Å². The van der Waals surface area contributed by atoms with Gasteiger partial charge in [0.05, 0.1) is 31.8 Å². The molecule has 0 bridgehead atoms. The van der Waals surface area contributed by atoms with E-state index in [-0.39, 0.29) is 12.0 Å². The number of amides is 1. The molecule has 1 aromatic rings. The van der Waals surface area contributed by atoms with Gasteiger partial charge in [-0.1, -0.05) is 30.0 Å². The molecule has 2 heterocycles. The van der Waals surface area contributed by atoms with Crippen molar-refractivity contribution < 1.29 is 19.0 Å². The quantitative estimate of drug-likeness (QED) is 0.590. The zero-order valence-electron chi connectivity index (χ0n) is 13.6. The largest absolute Gasteiger partial charge is 0.493 e. The summed E-state index contributed by atoms with van der Waals surface area (Å²) in [7, 11) is 3.18. The number of nitrogens with zero attached hydrogens (tertiary/aromatic N) is 1. The van der Waals surface area contributed by atoms with Crippen molar-refractivity contribution >= 4 is 40.3 Å². The minimum Gasteiger partial charge on any atom is -0.493 e. The molecule has 0 spiro atoms. The van der Waals surface area contributed by atoms with Crippen LogP contribution in [0.5, 0.6) is 11.5 Å². The van der Waals surface area contributed by atoms with Crippen LogP contribution < -0.4 is 9.47 Å². The average molecular weight is 365 g/mol. The summed E-state index contributed by atoms with van der Waals surface area (Å²) in [6, 6.07) is 5.54. The Labute approximate surface area is 150 Å². The minimum atomic E-state index is -0.0599. The summed E-state index contributed by atoms with van der Waals surface area (Å²) in [5, 5.41) is 0. The number of methoxy groups -OCH3 is 2. The predicted octanol–water partition coefficient (Wildman–Crippen LogP) is 3.08. The van der Waals surface area contributed by atoms with E-state index in [9.17, 15) is 4.79 Å². The molecule has 2 aliphatic heterocycles. The lowest BCUT2D eigenvalue weighted by molar-refractivity contribution is -0.123. The first-order valence-electron chi connectivity index (χ1n) is 7.71. The number of ether oxygens (including phenoxy) is 3. The highest BCUT2D eigenvalue weighted by Crippen LogP contribution is 2.35. The lowest BCUT2D eigenvalue weighted by Gasteiger charge is -2.18. The minimum absolute atomic E-state index is 0.0599. The van der Waals surface area contributed by atoms with E-state index in [1.807, 2.05) is 24.3 Å². The van der Waals surface area contributed by atoms with Gasteiger partial charge >= 0.3 is 0 Å². The molecule has 2 fully saturated rings. The Morgan fingerprint density at radius 2 is 2.17 bits per heavy atom. The predicted molar refractivity (Wildman–Crippen MR) is 98.4 cm³/mol. The number of rotatable bonds is 5. The topological polar surface area (TPSA) is 48.0 Å². The smallest absolute Gasteiger partial charge is 0.266 e. The van der Waals surface area contributed by atoms with E-state index < -0.39 is 0 Å². The number of hydrogen-bond donors (Lipinski definition) is 0. The van der Waals surface area contributed by atoms with Crippen molar-refractivity contribution in [1.82, 2.24) is 4.90 Å². The second kappa shape index (κ2) is 7.55. The second-order valence-corrected chi connectivity index (χ2v) is 7.22. The zero-order chi connectivity index (χ0) is 17.1. The van der Waals surface area contributed by atoms with Gasteiger partial charge in [-0.05, 0) is 36.6 Å². The van der Waals surface area contributed by atoms with Crippen molar-refractivity contribution in [3.8, 4) is 11.5 Å². The first-order chi connectivity index (χ1) is 11.6. The van der Waals surface area contributed by atoms with Crippen LogP contribution in [0.1, 0.15) is 18.4 Å². The van der Waals surface area contributed by atoms with Crippen LogP contribution in [0.25, 0.3) is 6.08 Å². The van der Waals surface area contributed by atoms with Crippen molar-refractivity contribution in [3.05, 3.63) is 28.7 Å². The Bertz CT molecular complexity index is 683. The number of thiocarbonyl (C=S) groups is 1. The number of carbonyl (C=O) groups is 1. The van der Waals surface area contributed by atoms with Crippen molar-refractivity contribution in [1.29, 1.82) is 0 Å². The molecule has 128 valence electrons. The lowest BCUT2D eigenvalue weighted by Crippen LogP contribution is -2.35. The van der Waals surface area contributed by atoms with Crippen LogP contribution in [0.4, 0.5) is 0 Å². The Morgan fingerprint density at radius 1 is 1.38 bits per heavy atom. The van der Waals surface area contributed by atoms with Crippen molar-refractivity contribution in [2.45, 2.75) is 18.9 Å². The summed E-state index contributed by atoms with van der Waals surface area (Å²) in [4.78, 5) is 14.9. The number of hydrogen-bond acceptors (Lipinski definition) is 6. The van der Waals surface area contributed by atoms with E-state index in [1.54, 1.807) is 19.1 Å². The van der Waals surface area contributed by atoms with Gasteiger partial charge in [0.25, 0.3) is 5.91 Å². The van der Waals surface area contributed by atoms with Crippen LogP contribution in [0.3, 0.4) is 0 Å². The van der Waals surface area contributed by atoms with Gasteiger partial charge < -0.3 is 14.2 Å². The van der Waals surface area contributed by atoms with E-state index in [2.05, 4.69) is 0 Å². The van der Waals surface area contributed by atoms with E-state index in [0.29, 0.717) is 27.3 Å². The molecule has 7 heteroatoms. The Morgan fingerprint density at radius 3 is 2.83 bits per heavy atom. The lowest BCUT2D eigenvalue weighted by atomic mass is 10.2. The van der Waals surface area contributed by atoms with Gasteiger partial charge in [-0.25, -0.2) is 0 Å². The average Bonchev–Trinajstić information content (AvgIpc) is 3.19. The van der Waals surface area contributed by atoms with Crippen LogP contribution in [-0.2, 0) is 9.53 Å². The van der Waals surface area contributed by atoms with Crippen molar-refractivity contribution in [3.63, 3.8) is 0 Å². The van der Waals surface area contributed by atoms with Gasteiger partial charge in [-0.3, -0.25) is 9.69 Å². The molecule has 0 saturated carbocycles. The Kier molecular flexibility index (Phi) is 5.43. The van der Waals surface area contributed by atoms with Gasteiger partial charge in [-0.2, -0.15) is 0 Å². The maximum absolute atomic E-state index is 12.6. The van der Waals surface area contributed by atoms with Crippen LogP contribution in [-0.4, -0.2) is 48.6 Å². The maximum Gasteiger partial charge on any atom is 0.266 e. The fraction of sp³-hybridized carbons (Fsp3) is 0.412. The summed E-state index contributed by atoms with van der Waals surface area (Å²) < 4.78 is 16.7. The van der Waals surface area contributed by atoms with Gasteiger partial charge in [0.1, 0.15) is 4.32 Å². The van der Waals surface area contributed by atoms with E-state index in [4.69, 9.17) is 26.4 Å². The fourth-order valence-corrected chi connectivity index (χ4v) is 4.02. The highest BCUT2D eigenvalue weighted by atomic mass is 32.2. The molecule has 24 heavy (non-hydrogen) atoms. The monoisotopic (exact) mass is 365 g/mol. The van der Waals surface area contributed by atoms with Crippen LogP contribution in [0.2, 0.25) is 0 Å².